The van der Waals surface area contributed by atoms with Crippen molar-refractivity contribution in [2.24, 2.45) is 4.99 Å². The minimum absolute atomic E-state index is 0.0234. The fourth-order valence-electron chi connectivity index (χ4n) is 3.93. The summed E-state index contributed by atoms with van der Waals surface area (Å²) < 4.78 is 0. The molecule has 1 heterocycles. The van der Waals surface area contributed by atoms with Gasteiger partial charge in [-0.1, -0.05) is 49.0 Å². The number of Topliss-reactive ketones (excluding diaryl/α,β-unsaturated/α-hetero) is 1. The Kier molecular flexibility index (Phi) is 7.56. The van der Waals surface area contributed by atoms with E-state index in [1.807, 2.05) is 31.2 Å². The van der Waals surface area contributed by atoms with E-state index in [-0.39, 0.29) is 17.5 Å². The standard InChI is InChI=1S/C23H31N3O2S/c1-3-23(29)26-12-10-25(11-13-26)9-8-24-16-20-21(27)14-19(15-22(20)28)18-6-4-17(2)5-7-18/h4-7,16,19,27H,3,8-15H2,1-2H3. The Bertz CT molecular complexity index is 793. The molecule has 1 aromatic rings. The molecule has 1 unspecified atom stereocenters. The zero-order valence-electron chi connectivity index (χ0n) is 17.4. The molecule has 1 aromatic carbocycles. The lowest BCUT2D eigenvalue weighted by Gasteiger charge is -2.35. The van der Waals surface area contributed by atoms with E-state index in [1.54, 1.807) is 6.21 Å². The van der Waals surface area contributed by atoms with E-state index < -0.39 is 0 Å². The van der Waals surface area contributed by atoms with Gasteiger partial charge in [-0.05, 0) is 24.8 Å². The lowest BCUT2D eigenvalue weighted by atomic mass is 9.83. The van der Waals surface area contributed by atoms with Gasteiger partial charge in [-0.15, -0.1) is 0 Å². The molecule has 0 amide bonds. The van der Waals surface area contributed by atoms with Crippen LogP contribution in [-0.2, 0) is 4.79 Å². The summed E-state index contributed by atoms with van der Waals surface area (Å²) in [6.45, 7) is 9.55. The summed E-state index contributed by atoms with van der Waals surface area (Å²) in [7, 11) is 0. The number of hydrogen-bond donors (Lipinski definition) is 1. The third-order valence-electron chi connectivity index (χ3n) is 5.82. The van der Waals surface area contributed by atoms with Gasteiger partial charge in [-0.2, -0.15) is 0 Å². The molecule has 1 N–H and O–H groups in total. The van der Waals surface area contributed by atoms with E-state index in [0.717, 1.165) is 49.7 Å². The Hall–Kier alpha value is -2.05. The lowest BCUT2D eigenvalue weighted by molar-refractivity contribution is -0.116. The molecular formula is C23H31N3O2S. The summed E-state index contributed by atoms with van der Waals surface area (Å²) in [5.74, 6) is 0.188. The predicted octanol–water partition coefficient (Wildman–Crippen LogP) is 3.68. The van der Waals surface area contributed by atoms with Crippen LogP contribution in [0.2, 0.25) is 0 Å². The van der Waals surface area contributed by atoms with Crippen LogP contribution in [0.5, 0.6) is 0 Å². The van der Waals surface area contributed by atoms with Crippen molar-refractivity contribution in [2.45, 2.75) is 39.0 Å². The van der Waals surface area contributed by atoms with Crippen LogP contribution in [0.25, 0.3) is 0 Å². The van der Waals surface area contributed by atoms with Gasteiger partial charge in [0, 0.05) is 51.8 Å². The number of benzene rings is 1. The first-order valence-electron chi connectivity index (χ1n) is 10.5. The second-order valence-electron chi connectivity index (χ2n) is 7.91. The van der Waals surface area contributed by atoms with E-state index in [9.17, 15) is 9.90 Å². The molecule has 1 fully saturated rings. The number of aliphatic hydroxyl groups is 1. The van der Waals surface area contributed by atoms with Crippen LogP contribution in [0.1, 0.15) is 43.2 Å². The fourth-order valence-corrected chi connectivity index (χ4v) is 4.11. The summed E-state index contributed by atoms with van der Waals surface area (Å²) in [4.78, 5) is 22.7. The summed E-state index contributed by atoms with van der Waals surface area (Å²) in [6, 6.07) is 8.19. The molecule has 156 valence electrons. The number of piperazine rings is 1. The van der Waals surface area contributed by atoms with Crippen LogP contribution < -0.4 is 0 Å². The number of thiocarbonyl (C=S) groups is 1. The van der Waals surface area contributed by atoms with E-state index in [4.69, 9.17) is 12.2 Å². The SMILES string of the molecule is CCC(=S)N1CCN(CCN=CC2=C(O)CC(c3ccc(C)cc3)CC2=O)CC1. The number of aliphatic imine (C=N–C) groups is 1. The van der Waals surface area contributed by atoms with Gasteiger partial charge in [0.05, 0.1) is 17.1 Å². The number of hydrogen-bond acceptors (Lipinski definition) is 5. The van der Waals surface area contributed by atoms with Crippen LogP contribution >= 0.6 is 12.2 Å². The minimum Gasteiger partial charge on any atom is -0.511 e. The maximum absolute atomic E-state index is 12.5. The number of allylic oxidation sites excluding steroid dienone is 2. The highest BCUT2D eigenvalue weighted by molar-refractivity contribution is 7.80. The number of nitrogens with zero attached hydrogens (tertiary/aromatic N) is 3. The van der Waals surface area contributed by atoms with Crippen molar-refractivity contribution in [3.63, 3.8) is 0 Å². The van der Waals surface area contributed by atoms with Crippen LogP contribution in [0.15, 0.2) is 40.6 Å². The maximum Gasteiger partial charge on any atom is 0.168 e. The third-order valence-corrected chi connectivity index (χ3v) is 6.37. The van der Waals surface area contributed by atoms with Crippen LogP contribution in [-0.4, -0.2) is 71.2 Å². The molecular weight excluding hydrogens is 382 g/mol. The molecule has 1 saturated heterocycles. The quantitative estimate of drug-likeness (QED) is 0.570. The largest absolute Gasteiger partial charge is 0.511 e. The van der Waals surface area contributed by atoms with Crippen molar-refractivity contribution in [3.05, 3.63) is 46.7 Å². The van der Waals surface area contributed by atoms with Crippen molar-refractivity contribution in [1.82, 2.24) is 9.80 Å². The third kappa shape index (κ3) is 5.73. The molecule has 0 aromatic heterocycles. The second kappa shape index (κ2) is 10.1. The van der Waals surface area contributed by atoms with E-state index in [1.165, 1.54) is 5.56 Å². The highest BCUT2D eigenvalue weighted by Crippen LogP contribution is 2.33. The molecule has 1 atom stereocenters. The van der Waals surface area contributed by atoms with Crippen LogP contribution in [0, 0.1) is 6.92 Å². The number of carbonyl (C=O) groups excluding carboxylic acids is 1. The zero-order valence-corrected chi connectivity index (χ0v) is 18.2. The first kappa shape index (κ1) is 21.7. The van der Waals surface area contributed by atoms with Gasteiger partial charge in [0.2, 0.25) is 0 Å². The van der Waals surface area contributed by atoms with Gasteiger partial charge in [0.15, 0.2) is 5.78 Å². The maximum atomic E-state index is 12.5. The molecule has 0 bridgehead atoms. The molecule has 2 aliphatic rings. The summed E-state index contributed by atoms with van der Waals surface area (Å²) in [5, 5.41) is 10.4. The number of aliphatic hydroxyl groups excluding tert-OH is 1. The van der Waals surface area contributed by atoms with Crippen molar-refractivity contribution in [2.75, 3.05) is 39.3 Å². The minimum atomic E-state index is -0.0234. The van der Waals surface area contributed by atoms with Gasteiger partial charge < -0.3 is 10.0 Å². The summed E-state index contributed by atoms with van der Waals surface area (Å²) >= 11 is 5.38. The summed E-state index contributed by atoms with van der Waals surface area (Å²) in [6.07, 6.45) is 3.42. The molecule has 6 heteroatoms. The second-order valence-corrected chi connectivity index (χ2v) is 8.38. The monoisotopic (exact) mass is 413 g/mol. The molecule has 29 heavy (non-hydrogen) atoms. The fraction of sp³-hybridized carbons (Fsp3) is 0.522. The molecule has 3 rings (SSSR count). The number of rotatable bonds is 6. The number of aryl methyl sites for hydroxylation is 1. The Morgan fingerprint density at radius 2 is 1.90 bits per heavy atom. The lowest BCUT2D eigenvalue weighted by Crippen LogP contribution is -2.48. The predicted molar refractivity (Wildman–Crippen MR) is 122 cm³/mol. The first-order chi connectivity index (χ1) is 14.0. The Morgan fingerprint density at radius 3 is 2.52 bits per heavy atom. The normalized spacial score (nSPS) is 21.2. The number of ketones is 1. The van der Waals surface area contributed by atoms with Gasteiger partial charge in [0.25, 0.3) is 0 Å². The van der Waals surface area contributed by atoms with Gasteiger partial charge >= 0.3 is 0 Å². The number of carbonyl (C=O) groups is 1. The zero-order chi connectivity index (χ0) is 20.8. The van der Waals surface area contributed by atoms with Crippen LogP contribution in [0.4, 0.5) is 0 Å². The van der Waals surface area contributed by atoms with Gasteiger partial charge in [-0.3, -0.25) is 14.7 Å². The van der Waals surface area contributed by atoms with Crippen molar-refractivity contribution in [1.29, 1.82) is 0 Å². The van der Waals surface area contributed by atoms with E-state index >= 15 is 0 Å². The first-order valence-corrected chi connectivity index (χ1v) is 10.9. The molecule has 1 aliphatic carbocycles. The Labute approximate surface area is 179 Å². The molecule has 0 spiro atoms. The van der Waals surface area contributed by atoms with E-state index in [0.29, 0.717) is 25.0 Å². The summed E-state index contributed by atoms with van der Waals surface area (Å²) in [5.41, 5.74) is 2.68. The van der Waals surface area contributed by atoms with Crippen molar-refractivity contribution < 1.29 is 9.90 Å². The van der Waals surface area contributed by atoms with Crippen LogP contribution in [0.3, 0.4) is 0 Å². The smallest absolute Gasteiger partial charge is 0.168 e. The highest BCUT2D eigenvalue weighted by atomic mass is 32.1. The highest BCUT2D eigenvalue weighted by Gasteiger charge is 2.27. The Balaban J connectivity index is 1.49. The van der Waals surface area contributed by atoms with Gasteiger partial charge in [0.1, 0.15) is 5.76 Å². The molecule has 0 radical (unpaired) electrons. The molecule has 5 nitrogen and oxygen atoms in total. The Morgan fingerprint density at radius 1 is 1.21 bits per heavy atom. The van der Waals surface area contributed by atoms with Crippen molar-refractivity contribution >= 4 is 29.2 Å². The van der Waals surface area contributed by atoms with Gasteiger partial charge in [-0.25, -0.2) is 0 Å². The average molecular weight is 414 g/mol. The topological polar surface area (TPSA) is 56.1 Å². The average Bonchev–Trinajstić information content (AvgIpc) is 2.73. The van der Waals surface area contributed by atoms with Crippen molar-refractivity contribution in [3.8, 4) is 0 Å². The molecule has 1 aliphatic heterocycles. The molecule has 0 saturated carbocycles. The van der Waals surface area contributed by atoms with E-state index in [2.05, 4.69) is 21.7 Å².